The van der Waals surface area contributed by atoms with E-state index in [0.29, 0.717) is 6.07 Å². The van der Waals surface area contributed by atoms with Crippen molar-refractivity contribution in [2.24, 2.45) is 0 Å². The SMILES string of the molecule is COC(=O)CCOCc1cc(C(F)(F)F)c(=O)[nH]n1. The van der Waals surface area contributed by atoms with Gasteiger partial charge in [0.05, 0.1) is 32.4 Å². The number of alkyl halides is 3. The molecule has 0 aliphatic heterocycles. The smallest absolute Gasteiger partial charge is 0.421 e. The molecule has 9 heteroatoms. The van der Waals surface area contributed by atoms with Crippen LogP contribution in [0.2, 0.25) is 0 Å². The number of ether oxygens (including phenoxy) is 2. The molecule has 0 radical (unpaired) electrons. The van der Waals surface area contributed by atoms with Crippen LogP contribution in [0.4, 0.5) is 13.2 Å². The number of rotatable bonds is 5. The summed E-state index contributed by atoms with van der Waals surface area (Å²) in [6.45, 7) is -0.272. The van der Waals surface area contributed by atoms with Crippen molar-refractivity contribution in [2.45, 2.75) is 19.2 Å². The molecule has 1 aromatic rings. The normalized spacial score (nSPS) is 11.4. The van der Waals surface area contributed by atoms with Crippen LogP contribution in [0.5, 0.6) is 0 Å². The van der Waals surface area contributed by atoms with Crippen molar-refractivity contribution in [2.75, 3.05) is 13.7 Å². The van der Waals surface area contributed by atoms with Gasteiger partial charge in [-0.15, -0.1) is 0 Å². The highest BCUT2D eigenvalue weighted by atomic mass is 19.4. The van der Waals surface area contributed by atoms with Crippen molar-refractivity contribution in [1.82, 2.24) is 10.2 Å². The van der Waals surface area contributed by atoms with Gasteiger partial charge < -0.3 is 9.47 Å². The summed E-state index contributed by atoms with van der Waals surface area (Å²) in [6.07, 6.45) is -4.77. The summed E-state index contributed by atoms with van der Waals surface area (Å²) in [5.74, 6) is -0.495. The number of carbonyl (C=O) groups excluding carboxylic acids is 1. The number of halogens is 3. The monoisotopic (exact) mass is 280 g/mol. The molecule has 0 fully saturated rings. The Kier molecular flexibility index (Phi) is 5.04. The van der Waals surface area contributed by atoms with Gasteiger partial charge in [-0.05, 0) is 6.07 Å². The van der Waals surface area contributed by atoms with Crippen LogP contribution in [0.25, 0.3) is 0 Å². The second-order valence-electron chi connectivity index (χ2n) is 3.48. The Labute approximate surface area is 105 Å². The molecule has 0 spiro atoms. The second kappa shape index (κ2) is 6.32. The molecule has 0 bridgehead atoms. The van der Waals surface area contributed by atoms with Gasteiger partial charge >= 0.3 is 12.1 Å². The van der Waals surface area contributed by atoms with Crippen LogP contribution in [0.1, 0.15) is 17.7 Å². The van der Waals surface area contributed by atoms with E-state index >= 15 is 0 Å². The highest BCUT2D eigenvalue weighted by Gasteiger charge is 2.34. The van der Waals surface area contributed by atoms with Crippen molar-refractivity contribution in [1.29, 1.82) is 0 Å². The summed E-state index contributed by atoms with van der Waals surface area (Å²) >= 11 is 0. The standard InChI is InChI=1S/C10H11F3N2O4/c1-18-8(16)2-3-19-5-6-4-7(10(11,12)13)9(17)15-14-6/h4H,2-3,5H2,1H3,(H,15,17). The van der Waals surface area contributed by atoms with E-state index < -0.39 is 23.3 Å². The maximum Gasteiger partial charge on any atom is 0.421 e. The van der Waals surface area contributed by atoms with Gasteiger partial charge in [0.25, 0.3) is 5.56 Å². The predicted molar refractivity (Wildman–Crippen MR) is 56.1 cm³/mol. The number of methoxy groups -OCH3 is 1. The molecule has 0 amide bonds. The van der Waals surface area contributed by atoms with Crippen LogP contribution < -0.4 is 5.56 Å². The van der Waals surface area contributed by atoms with Crippen LogP contribution in [0.15, 0.2) is 10.9 Å². The second-order valence-corrected chi connectivity index (χ2v) is 3.48. The van der Waals surface area contributed by atoms with E-state index in [9.17, 15) is 22.8 Å². The van der Waals surface area contributed by atoms with Crippen molar-refractivity contribution in [3.8, 4) is 0 Å². The fourth-order valence-corrected chi connectivity index (χ4v) is 1.17. The number of hydrogen-bond donors (Lipinski definition) is 1. The Morgan fingerprint density at radius 1 is 1.47 bits per heavy atom. The molecule has 0 aromatic carbocycles. The Bertz CT molecular complexity index is 498. The fourth-order valence-electron chi connectivity index (χ4n) is 1.17. The van der Waals surface area contributed by atoms with E-state index in [1.54, 1.807) is 5.10 Å². The number of nitrogens with zero attached hydrogens (tertiary/aromatic N) is 1. The lowest BCUT2D eigenvalue weighted by Gasteiger charge is -2.07. The molecule has 0 aliphatic carbocycles. The van der Waals surface area contributed by atoms with Gasteiger partial charge in [0.15, 0.2) is 0 Å². The Hall–Kier alpha value is -1.90. The fraction of sp³-hybridized carbons (Fsp3) is 0.500. The third kappa shape index (κ3) is 4.70. The average molecular weight is 280 g/mol. The number of carbonyl (C=O) groups is 1. The Morgan fingerprint density at radius 2 is 2.16 bits per heavy atom. The van der Waals surface area contributed by atoms with E-state index in [2.05, 4.69) is 9.84 Å². The molecule has 0 saturated heterocycles. The van der Waals surface area contributed by atoms with Gasteiger partial charge in [-0.25, -0.2) is 5.10 Å². The summed E-state index contributed by atoms with van der Waals surface area (Å²) in [7, 11) is 1.21. The quantitative estimate of drug-likeness (QED) is 0.639. The number of nitrogens with one attached hydrogen (secondary N) is 1. The molecule has 19 heavy (non-hydrogen) atoms. The first-order chi connectivity index (χ1) is 8.84. The molecule has 1 aromatic heterocycles. The van der Waals surface area contributed by atoms with Gasteiger partial charge in [0, 0.05) is 0 Å². The van der Waals surface area contributed by atoms with Gasteiger partial charge in [-0.2, -0.15) is 18.3 Å². The minimum absolute atomic E-state index is 0.0190. The molecule has 106 valence electrons. The Morgan fingerprint density at radius 3 is 2.74 bits per heavy atom. The van der Waals surface area contributed by atoms with Crippen LogP contribution in [-0.2, 0) is 27.1 Å². The molecule has 0 atom stereocenters. The van der Waals surface area contributed by atoms with Gasteiger partial charge in [-0.1, -0.05) is 0 Å². The molecule has 0 aliphatic rings. The van der Waals surface area contributed by atoms with E-state index in [-0.39, 0.29) is 25.3 Å². The zero-order valence-electron chi connectivity index (χ0n) is 9.91. The van der Waals surface area contributed by atoms with E-state index in [1.165, 1.54) is 7.11 Å². The molecule has 1 N–H and O–H groups in total. The molecule has 0 saturated carbocycles. The summed E-state index contributed by atoms with van der Waals surface area (Å²) in [5, 5.41) is 5.15. The Balaban J connectivity index is 2.61. The highest BCUT2D eigenvalue weighted by Crippen LogP contribution is 2.26. The molecule has 1 rings (SSSR count). The number of hydrogen-bond acceptors (Lipinski definition) is 5. The molecular weight excluding hydrogens is 269 g/mol. The zero-order chi connectivity index (χ0) is 14.5. The average Bonchev–Trinajstić information content (AvgIpc) is 2.34. The first kappa shape index (κ1) is 15.2. The van der Waals surface area contributed by atoms with E-state index in [1.807, 2.05) is 0 Å². The minimum atomic E-state index is -4.75. The zero-order valence-corrected chi connectivity index (χ0v) is 9.91. The summed E-state index contributed by atoms with van der Waals surface area (Å²) in [6, 6.07) is 0.608. The van der Waals surface area contributed by atoms with Gasteiger partial charge in [0.2, 0.25) is 0 Å². The maximum absolute atomic E-state index is 12.4. The first-order valence-electron chi connectivity index (χ1n) is 5.15. The molecule has 1 heterocycles. The number of H-pyrrole nitrogens is 1. The van der Waals surface area contributed by atoms with Crippen molar-refractivity contribution >= 4 is 5.97 Å². The summed E-state index contributed by atoms with van der Waals surface area (Å²) in [4.78, 5) is 21.7. The molecular formula is C10H11F3N2O4. The molecule has 0 unspecified atom stereocenters. The van der Waals surface area contributed by atoms with Gasteiger partial charge in [-0.3, -0.25) is 9.59 Å². The maximum atomic E-state index is 12.4. The summed E-state index contributed by atoms with van der Waals surface area (Å²) < 4.78 is 46.6. The first-order valence-corrected chi connectivity index (χ1v) is 5.15. The van der Waals surface area contributed by atoms with Crippen molar-refractivity contribution < 1.29 is 27.4 Å². The summed E-state index contributed by atoms with van der Waals surface area (Å²) in [5.41, 5.74) is -2.74. The van der Waals surface area contributed by atoms with Crippen LogP contribution in [0, 0.1) is 0 Å². The highest BCUT2D eigenvalue weighted by molar-refractivity contribution is 5.69. The lowest BCUT2D eigenvalue weighted by Crippen LogP contribution is -2.23. The van der Waals surface area contributed by atoms with Crippen LogP contribution >= 0.6 is 0 Å². The minimum Gasteiger partial charge on any atom is -0.469 e. The third-order valence-electron chi connectivity index (χ3n) is 2.09. The number of aromatic amines is 1. The van der Waals surface area contributed by atoms with Crippen LogP contribution in [-0.4, -0.2) is 29.9 Å². The number of esters is 1. The van der Waals surface area contributed by atoms with E-state index in [4.69, 9.17) is 4.74 Å². The third-order valence-corrected chi connectivity index (χ3v) is 2.09. The van der Waals surface area contributed by atoms with Crippen molar-refractivity contribution in [3.05, 3.63) is 27.7 Å². The van der Waals surface area contributed by atoms with Crippen LogP contribution in [0.3, 0.4) is 0 Å². The van der Waals surface area contributed by atoms with Crippen molar-refractivity contribution in [3.63, 3.8) is 0 Å². The topological polar surface area (TPSA) is 81.3 Å². The number of aromatic nitrogens is 2. The largest absolute Gasteiger partial charge is 0.469 e. The lowest BCUT2D eigenvalue weighted by molar-refractivity contribution is -0.142. The molecule has 6 nitrogen and oxygen atoms in total. The van der Waals surface area contributed by atoms with Gasteiger partial charge in [0.1, 0.15) is 5.56 Å². The van der Waals surface area contributed by atoms with E-state index in [0.717, 1.165) is 0 Å². The predicted octanol–water partition coefficient (Wildman–Crippen LogP) is 0.868. The lowest BCUT2D eigenvalue weighted by atomic mass is 10.2.